The van der Waals surface area contributed by atoms with E-state index in [-0.39, 0.29) is 0 Å². The lowest BCUT2D eigenvalue weighted by Crippen LogP contribution is -2.23. The van der Waals surface area contributed by atoms with Crippen LogP contribution in [-0.4, -0.2) is 28.4 Å². The van der Waals surface area contributed by atoms with Crippen LogP contribution in [0.25, 0.3) is 0 Å². The zero-order valence-corrected chi connectivity index (χ0v) is 9.53. The molecule has 0 atom stereocenters. The summed E-state index contributed by atoms with van der Waals surface area (Å²) in [5.41, 5.74) is 1.15. The highest BCUT2D eigenvalue weighted by Crippen LogP contribution is 2.08. The van der Waals surface area contributed by atoms with E-state index >= 15 is 0 Å². The summed E-state index contributed by atoms with van der Waals surface area (Å²) in [6.07, 6.45) is 7.21. The smallest absolute Gasteiger partial charge is 0.208 e. The van der Waals surface area contributed by atoms with Gasteiger partial charge in [-0.15, -0.1) is 4.99 Å². The zero-order valence-electron chi connectivity index (χ0n) is 8.71. The number of amidine groups is 1. The SMILES string of the molecule is CSC(=NC#N)N(C)Cc1ccncc1. The molecule has 5 heteroatoms. The fourth-order valence-corrected chi connectivity index (χ4v) is 1.67. The molecule has 0 spiro atoms. The highest BCUT2D eigenvalue weighted by atomic mass is 32.2. The van der Waals surface area contributed by atoms with Gasteiger partial charge in [0.1, 0.15) is 0 Å². The van der Waals surface area contributed by atoms with Crippen molar-refractivity contribution in [1.29, 1.82) is 5.26 Å². The standard InChI is InChI=1S/C10H12N4S/c1-14(10(15-2)13-8-11)7-9-3-5-12-6-4-9/h3-6H,7H2,1-2H3. The number of thioether (sulfide) groups is 1. The third-order valence-electron chi connectivity index (χ3n) is 1.82. The maximum atomic E-state index is 8.50. The van der Waals surface area contributed by atoms with Crippen molar-refractivity contribution in [2.45, 2.75) is 6.54 Å². The number of aliphatic imine (C=N–C) groups is 1. The summed E-state index contributed by atoms with van der Waals surface area (Å²) < 4.78 is 0. The second kappa shape index (κ2) is 6.04. The Morgan fingerprint density at radius 1 is 1.60 bits per heavy atom. The van der Waals surface area contributed by atoms with Crippen molar-refractivity contribution >= 4 is 16.9 Å². The van der Waals surface area contributed by atoms with Crippen molar-refractivity contribution in [2.75, 3.05) is 13.3 Å². The van der Waals surface area contributed by atoms with E-state index in [1.807, 2.05) is 30.3 Å². The minimum atomic E-state index is 0.717. The summed E-state index contributed by atoms with van der Waals surface area (Å²) in [4.78, 5) is 9.62. The van der Waals surface area contributed by atoms with Gasteiger partial charge in [-0.05, 0) is 24.0 Å². The molecule has 1 heterocycles. The second-order valence-electron chi connectivity index (χ2n) is 2.91. The molecule has 0 aliphatic rings. The normalized spacial score (nSPS) is 10.9. The predicted molar refractivity (Wildman–Crippen MR) is 62.3 cm³/mol. The van der Waals surface area contributed by atoms with Gasteiger partial charge in [0.25, 0.3) is 0 Å². The number of hydrogen-bond acceptors (Lipinski definition) is 4. The number of rotatable bonds is 2. The molecule has 0 aromatic carbocycles. The van der Waals surface area contributed by atoms with Crippen molar-refractivity contribution in [3.8, 4) is 6.19 Å². The quantitative estimate of drug-likeness (QED) is 0.432. The van der Waals surface area contributed by atoms with Gasteiger partial charge in [0.2, 0.25) is 6.19 Å². The van der Waals surface area contributed by atoms with Gasteiger partial charge < -0.3 is 4.90 Å². The van der Waals surface area contributed by atoms with Gasteiger partial charge in [0, 0.05) is 26.0 Å². The highest BCUT2D eigenvalue weighted by molar-refractivity contribution is 8.13. The predicted octanol–water partition coefficient (Wildman–Crippen LogP) is 1.71. The van der Waals surface area contributed by atoms with Crippen LogP contribution in [0, 0.1) is 11.5 Å². The molecule has 0 unspecified atom stereocenters. The Hall–Kier alpha value is -1.54. The van der Waals surface area contributed by atoms with Crippen molar-refractivity contribution in [1.82, 2.24) is 9.88 Å². The molecule has 1 aromatic heterocycles. The topological polar surface area (TPSA) is 52.3 Å². The van der Waals surface area contributed by atoms with E-state index in [9.17, 15) is 0 Å². The van der Waals surface area contributed by atoms with Crippen LogP contribution < -0.4 is 0 Å². The van der Waals surface area contributed by atoms with Gasteiger partial charge in [-0.3, -0.25) is 4.98 Å². The monoisotopic (exact) mass is 220 g/mol. The van der Waals surface area contributed by atoms with Crippen LogP contribution in [0.3, 0.4) is 0 Å². The molecule has 78 valence electrons. The minimum Gasteiger partial charge on any atom is -0.349 e. The van der Waals surface area contributed by atoms with Crippen LogP contribution in [-0.2, 0) is 6.54 Å². The molecule has 1 rings (SSSR count). The van der Waals surface area contributed by atoms with E-state index in [1.165, 1.54) is 11.8 Å². The first-order valence-electron chi connectivity index (χ1n) is 4.38. The first-order chi connectivity index (χ1) is 7.27. The van der Waals surface area contributed by atoms with E-state index in [0.717, 1.165) is 12.1 Å². The molecule has 0 fully saturated rings. The maximum absolute atomic E-state index is 8.50. The van der Waals surface area contributed by atoms with Crippen LogP contribution in [0.1, 0.15) is 5.56 Å². The van der Waals surface area contributed by atoms with Gasteiger partial charge in [-0.25, -0.2) is 0 Å². The third-order valence-corrected chi connectivity index (χ3v) is 2.59. The Bertz CT molecular complexity index is 369. The van der Waals surface area contributed by atoms with Crippen molar-refractivity contribution < 1.29 is 0 Å². The van der Waals surface area contributed by atoms with E-state index < -0.39 is 0 Å². The average Bonchev–Trinajstić information content (AvgIpc) is 2.27. The Balaban J connectivity index is 2.67. The first-order valence-corrected chi connectivity index (χ1v) is 5.61. The molecular formula is C10H12N4S. The van der Waals surface area contributed by atoms with Crippen LogP contribution in [0.2, 0.25) is 0 Å². The summed E-state index contributed by atoms with van der Waals surface area (Å²) in [5.74, 6) is 0. The lowest BCUT2D eigenvalue weighted by Gasteiger charge is -2.18. The molecule has 0 amide bonds. The van der Waals surface area contributed by atoms with Crippen molar-refractivity contribution in [3.05, 3.63) is 30.1 Å². The van der Waals surface area contributed by atoms with Crippen LogP contribution in [0.4, 0.5) is 0 Å². The molecule has 0 saturated heterocycles. The number of pyridine rings is 1. The third kappa shape index (κ3) is 3.60. The van der Waals surface area contributed by atoms with Crippen LogP contribution in [0.5, 0.6) is 0 Å². The van der Waals surface area contributed by atoms with Gasteiger partial charge >= 0.3 is 0 Å². The van der Waals surface area contributed by atoms with Crippen LogP contribution >= 0.6 is 11.8 Å². The molecule has 0 saturated carbocycles. The van der Waals surface area contributed by atoms with Gasteiger partial charge in [-0.1, -0.05) is 11.8 Å². The molecule has 0 bridgehead atoms. The molecule has 0 N–H and O–H groups in total. The molecule has 15 heavy (non-hydrogen) atoms. The summed E-state index contributed by atoms with van der Waals surface area (Å²) in [6.45, 7) is 0.726. The lowest BCUT2D eigenvalue weighted by atomic mass is 10.2. The molecule has 1 aromatic rings. The largest absolute Gasteiger partial charge is 0.349 e. The number of nitrogens with zero attached hydrogens (tertiary/aromatic N) is 4. The number of aromatic nitrogens is 1. The minimum absolute atomic E-state index is 0.717. The number of hydrogen-bond donors (Lipinski definition) is 0. The van der Waals surface area contributed by atoms with Crippen molar-refractivity contribution in [2.24, 2.45) is 4.99 Å². The number of nitriles is 1. The first kappa shape index (κ1) is 11.5. The Kier molecular flexibility index (Phi) is 4.64. The fraction of sp³-hybridized carbons (Fsp3) is 0.300. The maximum Gasteiger partial charge on any atom is 0.208 e. The molecule has 0 aliphatic carbocycles. The second-order valence-corrected chi connectivity index (χ2v) is 3.68. The Morgan fingerprint density at radius 2 is 2.27 bits per heavy atom. The summed E-state index contributed by atoms with van der Waals surface area (Å²) >= 11 is 1.46. The van der Waals surface area contributed by atoms with Gasteiger partial charge in [-0.2, -0.15) is 5.26 Å². The fourth-order valence-electron chi connectivity index (χ4n) is 1.16. The molecule has 0 aliphatic heterocycles. The molecule has 0 radical (unpaired) electrons. The Morgan fingerprint density at radius 3 is 2.80 bits per heavy atom. The van der Waals surface area contributed by atoms with E-state index in [0.29, 0.717) is 5.17 Å². The summed E-state index contributed by atoms with van der Waals surface area (Å²) in [7, 11) is 1.91. The van der Waals surface area contributed by atoms with Gasteiger partial charge in [0.05, 0.1) is 0 Å². The van der Waals surface area contributed by atoms with E-state index in [1.54, 1.807) is 18.6 Å². The summed E-state index contributed by atoms with van der Waals surface area (Å²) in [6, 6.07) is 3.89. The van der Waals surface area contributed by atoms with Crippen LogP contribution in [0.15, 0.2) is 29.5 Å². The molecular weight excluding hydrogens is 208 g/mol. The molecule has 4 nitrogen and oxygen atoms in total. The highest BCUT2D eigenvalue weighted by Gasteiger charge is 2.05. The van der Waals surface area contributed by atoms with Crippen molar-refractivity contribution in [3.63, 3.8) is 0 Å². The Labute approximate surface area is 93.6 Å². The average molecular weight is 220 g/mol. The lowest BCUT2D eigenvalue weighted by molar-refractivity contribution is 0.511. The van der Waals surface area contributed by atoms with Gasteiger partial charge in [0.15, 0.2) is 5.17 Å². The van der Waals surface area contributed by atoms with E-state index in [2.05, 4.69) is 9.98 Å². The summed E-state index contributed by atoms with van der Waals surface area (Å²) in [5, 5.41) is 9.21. The zero-order chi connectivity index (χ0) is 11.1. The van der Waals surface area contributed by atoms with E-state index in [4.69, 9.17) is 5.26 Å².